The van der Waals surface area contributed by atoms with Gasteiger partial charge in [0.2, 0.25) is 0 Å². The van der Waals surface area contributed by atoms with E-state index in [2.05, 4.69) is 6.58 Å². The normalized spacial score (nSPS) is 9.85. The zero-order valence-corrected chi connectivity index (χ0v) is 7.00. The summed E-state index contributed by atoms with van der Waals surface area (Å²) in [7, 11) is 0. The number of benzene rings is 1. The maximum atomic E-state index is 13.0. The fraction of sp³-hybridized carbons (Fsp3) is 0. The van der Waals surface area contributed by atoms with Crippen LogP contribution in [0.1, 0.15) is 11.1 Å². The minimum Gasteiger partial charge on any atom is -0.206 e. The summed E-state index contributed by atoms with van der Waals surface area (Å²) in [5.74, 6) is -0.492. The highest BCUT2D eigenvalue weighted by molar-refractivity contribution is 5.52. The molecule has 1 rings (SSSR count). The number of rotatable bonds is 2. The molecular weight excluding hydrogens is 165 g/mol. The summed E-state index contributed by atoms with van der Waals surface area (Å²) in [6, 6.07) is 6.22. The Morgan fingerprint density at radius 2 is 2.23 bits per heavy atom. The van der Waals surface area contributed by atoms with Gasteiger partial charge in [-0.2, -0.15) is 5.26 Å². The van der Waals surface area contributed by atoms with Crippen molar-refractivity contribution in [3.63, 3.8) is 0 Å². The second kappa shape index (κ2) is 4.22. The lowest BCUT2D eigenvalue weighted by atomic mass is 10.1. The maximum absolute atomic E-state index is 13.0. The summed E-state index contributed by atoms with van der Waals surface area (Å²) in [6.07, 6.45) is 5.04. The van der Waals surface area contributed by atoms with Crippen LogP contribution < -0.4 is 0 Å². The molecule has 0 aliphatic heterocycles. The molecule has 0 aliphatic carbocycles. The van der Waals surface area contributed by atoms with Gasteiger partial charge in [0.15, 0.2) is 0 Å². The Morgan fingerprint density at radius 3 is 2.77 bits per heavy atom. The van der Waals surface area contributed by atoms with E-state index in [1.807, 2.05) is 0 Å². The van der Waals surface area contributed by atoms with Gasteiger partial charge in [-0.1, -0.05) is 30.9 Å². The third-order valence-electron chi connectivity index (χ3n) is 1.54. The van der Waals surface area contributed by atoms with Crippen molar-refractivity contribution in [3.05, 3.63) is 53.9 Å². The van der Waals surface area contributed by atoms with Crippen molar-refractivity contribution in [2.45, 2.75) is 0 Å². The molecule has 0 saturated heterocycles. The average molecular weight is 173 g/mol. The molecule has 0 radical (unpaired) electrons. The molecule has 64 valence electrons. The van der Waals surface area contributed by atoms with E-state index < -0.39 is 5.82 Å². The van der Waals surface area contributed by atoms with E-state index in [0.29, 0.717) is 0 Å². The summed E-state index contributed by atoms with van der Waals surface area (Å²) < 4.78 is 13.0. The monoisotopic (exact) mass is 173 g/mol. The van der Waals surface area contributed by atoms with Crippen LogP contribution in [-0.2, 0) is 0 Å². The van der Waals surface area contributed by atoms with E-state index in [0.717, 1.165) is 5.56 Å². The van der Waals surface area contributed by atoms with Crippen molar-refractivity contribution in [2.75, 3.05) is 0 Å². The molecule has 1 aromatic carbocycles. The molecule has 0 aromatic heterocycles. The number of hydrogen-bond donors (Lipinski definition) is 0. The average Bonchev–Trinajstić information content (AvgIpc) is 2.15. The topological polar surface area (TPSA) is 23.8 Å². The molecule has 0 bridgehead atoms. The first-order valence-electron chi connectivity index (χ1n) is 3.76. The SMILES string of the molecule is C=C/C=C/c1ccc(C#N)c(F)c1. The Balaban J connectivity index is 3.04. The Hall–Kier alpha value is -1.88. The second-order valence-corrected chi connectivity index (χ2v) is 2.45. The van der Waals surface area contributed by atoms with Gasteiger partial charge >= 0.3 is 0 Å². The number of nitrogens with zero attached hydrogens (tertiary/aromatic N) is 1. The van der Waals surface area contributed by atoms with Crippen molar-refractivity contribution in [2.24, 2.45) is 0 Å². The van der Waals surface area contributed by atoms with E-state index >= 15 is 0 Å². The van der Waals surface area contributed by atoms with Crippen molar-refractivity contribution >= 4 is 6.08 Å². The van der Waals surface area contributed by atoms with Gasteiger partial charge in [0, 0.05) is 0 Å². The molecule has 1 nitrogen and oxygen atoms in total. The predicted octanol–water partition coefficient (Wildman–Crippen LogP) is 2.90. The first-order valence-corrected chi connectivity index (χ1v) is 3.76. The highest BCUT2D eigenvalue weighted by Gasteiger charge is 1.99. The lowest BCUT2D eigenvalue weighted by Gasteiger charge is -1.94. The van der Waals surface area contributed by atoms with Gasteiger partial charge in [-0.25, -0.2) is 4.39 Å². The smallest absolute Gasteiger partial charge is 0.141 e. The van der Waals surface area contributed by atoms with Crippen molar-refractivity contribution < 1.29 is 4.39 Å². The van der Waals surface area contributed by atoms with Gasteiger partial charge in [-0.05, 0) is 17.7 Å². The van der Waals surface area contributed by atoms with Crippen LogP contribution in [0.4, 0.5) is 4.39 Å². The van der Waals surface area contributed by atoms with Gasteiger partial charge in [-0.3, -0.25) is 0 Å². The fourth-order valence-corrected chi connectivity index (χ4v) is 0.905. The molecule has 0 N–H and O–H groups in total. The Morgan fingerprint density at radius 1 is 1.46 bits per heavy atom. The predicted molar refractivity (Wildman–Crippen MR) is 50.3 cm³/mol. The van der Waals surface area contributed by atoms with Crippen LogP contribution in [0.5, 0.6) is 0 Å². The molecule has 0 heterocycles. The van der Waals surface area contributed by atoms with Crippen molar-refractivity contribution in [3.8, 4) is 6.07 Å². The minimum absolute atomic E-state index is 0.0655. The molecule has 0 aliphatic rings. The van der Waals surface area contributed by atoms with Gasteiger partial charge in [0.1, 0.15) is 11.9 Å². The van der Waals surface area contributed by atoms with Gasteiger partial charge in [-0.15, -0.1) is 0 Å². The Labute approximate surface area is 76.4 Å². The maximum Gasteiger partial charge on any atom is 0.141 e. The summed E-state index contributed by atoms with van der Waals surface area (Å²) in [5, 5.41) is 8.46. The van der Waals surface area contributed by atoms with E-state index in [-0.39, 0.29) is 5.56 Å². The fourth-order valence-electron chi connectivity index (χ4n) is 0.905. The largest absolute Gasteiger partial charge is 0.206 e. The zero-order valence-electron chi connectivity index (χ0n) is 7.00. The molecule has 0 spiro atoms. The lowest BCUT2D eigenvalue weighted by molar-refractivity contribution is 0.623. The van der Waals surface area contributed by atoms with Crippen LogP contribution in [0.15, 0.2) is 36.9 Å². The number of hydrogen-bond acceptors (Lipinski definition) is 1. The molecule has 0 amide bonds. The number of halogens is 1. The summed E-state index contributed by atoms with van der Waals surface area (Å²) in [4.78, 5) is 0. The van der Waals surface area contributed by atoms with Crippen molar-refractivity contribution in [1.82, 2.24) is 0 Å². The quantitative estimate of drug-likeness (QED) is 0.631. The van der Waals surface area contributed by atoms with Gasteiger partial charge < -0.3 is 0 Å². The molecule has 13 heavy (non-hydrogen) atoms. The standard InChI is InChI=1S/C11H8FN/c1-2-3-4-9-5-6-10(8-13)11(12)7-9/h2-7H,1H2/b4-3+. The van der Waals surface area contributed by atoms with Crippen LogP contribution >= 0.6 is 0 Å². The Bertz CT molecular complexity index is 386. The summed E-state index contributed by atoms with van der Waals surface area (Å²) in [5.41, 5.74) is 0.784. The van der Waals surface area contributed by atoms with E-state index in [9.17, 15) is 4.39 Å². The van der Waals surface area contributed by atoms with Crippen LogP contribution in [0.2, 0.25) is 0 Å². The first kappa shape index (κ1) is 9.21. The van der Waals surface area contributed by atoms with Gasteiger partial charge in [0.05, 0.1) is 5.56 Å². The van der Waals surface area contributed by atoms with E-state index in [1.54, 1.807) is 30.4 Å². The molecule has 1 aromatic rings. The highest BCUT2D eigenvalue weighted by atomic mass is 19.1. The van der Waals surface area contributed by atoms with Crippen LogP contribution in [0, 0.1) is 17.1 Å². The molecule has 0 saturated carbocycles. The molecule has 0 unspecified atom stereocenters. The first-order chi connectivity index (χ1) is 6.27. The second-order valence-electron chi connectivity index (χ2n) is 2.45. The third-order valence-corrected chi connectivity index (χ3v) is 1.54. The Kier molecular flexibility index (Phi) is 2.99. The number of nitriles is 1. The minimum atomic E-state index is -0.492. The summed E-state index contributed by atoms with van der Waals surface area (Å²) in [6.45, 7) is 3.50. The third kappa shape index (κ3) is 2.28. The van der Waals surface area contributed by atoms with Crippen LogP contribution in [-0.4, -0.2) is 0 Å². The zero-order chi connectivity index (χ0) is 9.68. The van der Waals surface area contributed by atoms with Crippen molar-refractivity contribution in [1.29, 1.82) is 5.26 Å². The van der Waals surface area contributed by atoms with E-state index in [4.69, 9.17) is 5.26 Å². The van der Waals surface area contributed by atoms with Gasteiger partial charge in [0.25, 0.3) is 0 Å². The molecule has 2 heteroatoms. The van der Waals surface area contributed by atoms with E-state index in [1.165, 1.54) is 12.1 Å². The molecular formula is C11H8FN. The van der Waals surface area contributed by atoms with Crippen LogP contribution in [0.3, 0.4) is 0 Å². The molecule has 0 atom stereocenters. The lowest BCUT2D eigenvalue weighted by Crippen LogP contribution is -1.83. The molecule has 0 fully saturated rings. The van der Waals surface area contributed by atoms with Crippen LogP contribution in [0.25, 0.3) is 6.08 Å². The highest BCUT2D eigenvalue weighted by Crippen LogP contribution is 2.10. The summed E-state index contributed by atoms with van der Waals surface area (Å²) >= 11 is 0. The number of allylic oxidation sites excluding steroid dienone is 2.